The molecule has 0 aliphatic heterocycles. The Labute approximate surface area is 147 Å². The van der Waals surface area contributed by atoms with Gasteiger partial charge in [0.2, 0.25) is 5.16 Å². The lowest BCUT2D eigenvalue weighted by Gasteiger charge is -2.08. The maximum atomic E-state index is 6.13. The Morgan fingerprint density at radius 1 is 1.17 bits per heavy atom. The summed E-state index contributed by atoms with van der Waals surface area (Å²) in [6.07, 6.45) is 0. The minimum absolute atomic E-state index is 0.648. The highest BCUT2D eigenvalue weighted by molar-refractivity contribution is 9.10. The first-order valence-electron chi connectivity index (χ1n) is 6.90. The smallest absolute Gasteiger partial charge is 0.210 e. The van der Waals surface area contributed by atoms with Crippen LogP contribution in [0.4, 0.5) is 0 Å². The summed E-state index contributed by atoms with van der Waals surface area (Å²) < 4.78 is 7.91. The van der Waals surface area contributed by atoms with Gasteiger partial charge in [0.1, 0.15) is 5.75 Å². The molecule has 0 radical (unpaired) electrons. The van der Waals surface area contributed by atoms with Gasteiger partial charge >= 0.3 is 0 Å². The maximum Gasteiger partial charge on any atom is 0.210 e. The number of nitrogens with two attached hydrogens (primary N) is 1. The fraction of sp³-hybridized carbons (Fsp3) is 0.125. The third kappa shape index (κ3) is 3.51. The van der Waals surface area contributed by atoms with Crippen molar-refractivity contribution in [2.45, 2.75) is 10.9 Å². The Bertz CT molecular complexity index is 807. The molecule has 2 aromatic carbocycles. The van der Waals surface area contributed by atoms with Crippen molar-refractivity contribution in [3.05, 3.63) is 58.6 Å². The molecule has 1 aromatic heterocycles. The summed E-state index contributed by atoms with van der Waals surface area (Å²) >= 11 is 5.00. The number of halogens is 1. The Kier molecular flexibility index (Phi) is 4.88. The summed E-state index contributed by atoms with van der Waals surface area (Å²) in [6, 6.07) is 15.7. The number of nitrogen functional groups attached to an aromatic ring is 1. The number of methoxy groups -OCH3 is 1. The van der Waals surface area contributed by atoms with E-state index >= 15 is 0 Å². The highest BCUT2D eigenvalue weighted by Gasteiger charge is 2.13. The number of aromatic nitrogens is 3. The van der Waals surface area contributed by atoms with Crippen molar-refractivity contribution in [1.29, 1.82) is 0 Å². The number of hydrogen-bond donors (Lipinski definition) is 1. The number of rotatable bonds is 5. The molecule has 7 heteroatoms. The number of benzene rings is 2. The van der Waals surface area contributed by atoms with Crippen molar-refractivity contribution >= 4 is 27.7 Å². The molecule has 0 aliphatic carbocycles. The van der Waals surface area contributed by atoms with E-state index in [1.165, 1.54) is 16.4 Å². The van der Waals surface area contributed by atoms with Gasteiger partial charge in [-0.05, 0) is 18.2 Å². The molecule has 0 bridgehead atoms. The van der Waals surface area contributed by atoms with E-state index in [9.17, 15) is 0 Å². The van der Waals surface area contributed by atoms with Crippen LogP contribution in [0.3, 0.4) is 0 Å². The fourth-order valence-corrected chi connectivity index (χ4v) is 3.40. The van der Waals surface area contributed by atoms with E-state index in [1.54, 1.807) is 7.11 Å². The topological polar surface area (TPSA) is 66.0 Å². The Balaban J connectivity index is 1.80. The average Bonchev–Trinajstić information content (AvgIpc) is 2.94. The van der Waals surface area contributed by atoms with Crippen LogP contribution in [0.25, 0.3) is 11.4 Å². The molecule has 3 rings (SSSR count). The lowest BCUT2D eigenvalue weighted by molar-refractivity contribution is 0.411. The van der Waals surface area contributed by atoms with Gasteiger partial charge in [-0.15, -0.1) is 10.2 Å². The lowest BCUT2D eigenvalue weighted by atomic mass is 10.2. The van der Waals surface area contributed by atoms with Gasteiger partial charge < -0.3 is 10.6 Å². The van der Waals surface area contributed by atoms with Crippen molar-refractivity contribution in [2.75, 3.05) is 13.0 Å². The molecule has 0 spiro atoms. The highest BCUT2D eigenvalue weighted by Crippen LogP contribution is 2.30. The lowest BCUT2D eigenvalue weighted by Crippen LogP contribution is -2.11. The van der Waals surface area contributed by atoms with Crippen LogP contribution in [0.2, 0.25) is 0 Å². The second kappa shape index (κ2) is 7.06. The van der Waals surface area contributed by atoms with E-state index in [-0.39, 0.29) is 0 Å². The monoisotopic (exact) mass is 390 g/mol. The molecule has 0 amide bonds. The standard InChI is InChI=1S/C16H15BrN4OS/c1-22-14-8-7-13(17)9-12(14)10-23-16-20-19-15(21(16)18)11-5-3-2-4-6-11/h2-9H,10,18H2,1H3. The van der Waals surface area contributed by atoms with Crippen LogP contribution in [0.1, 0.15) is 5.56 Å². The second-order valence-electron chi connectivity index (χ2n) is 4.79. The SMILES string of the molecule is COc1ccc(Br)cc1CSc1nnc(-c2ccccc2)n1N. The highest BCUT2D eigenvalue weighted by atomic mass is 79.9. The van der Waals surface area contributed by atoms with Gasteiger partial charge in [0.05, 0.1) is 7.11 Å². The van der Waals surface area contributed by atoms with Crippen molar-refractivity contribution in [3.8, 4) is 17.1 Å². The van der Waals surface area contributed by atoms with Crippen molar-refractivity contribution < 1.29 is 4.74 Å². The molecule has 0 unspecified atom stereocenters. The van der Waals surface area contributed by atoms with Gasteiger partial charge in [0.25, 0.3) is 0 Å². The number of thioether (sulfide) groups is 1. The van der Waals surface area contributed by atoms with Gasteiger partial charge in [-0.1, -0.05) is 58.0 Å². The first kappa shape index (κ1) is 15.9. The number of nitrogens with zero attached hydrogens (tertiary/aromatic N) is 3. The molecule has 0 saturated heterocycles. The predicted molar refractivity (Wildman–Crippen MR) is 95.9 cm³/mol. The van der Waals surface area contributed by atoms with E-state index in [4.69, 9.17) is 10.6 Å². The Hall–Kier alpha value is -1.99. The maximum absolute atomic E-state index is 6.13. The average molecular weight is 391 g/mol. The van der Waals surface area contributed by atoms with E-state index < -0.39 is 0 Å². The van der Waals surface area contributed by atoms with Gasteiger partial charge in [-0.2, -0.15) is 0 Å². The minimum Gasteiger partial charge on any atom is -0.496 e. The van der Waals surface area contributed by atoms with Gasteiger partial charge in [0, 0.05) is 21.4 Å². The van der Waals surface area contributed by atoms with Crippen molar-refractivity contribution in [3.63, 3.8) is 0 Å². The molecule has 23 heavy (non-hydrogen) atoms. The summed E-state index contributed by atoms with van der Waals surface area (Å²) in [4.78, 5) is 0. The molecule has 118 valence electrons. The molecule has 1 heterocycles. The van der Waals surface area contributed by atoms with Crippen LogP contribution in [0.15, 0.2) is 58.2 Å². The molecule has 0 atom stereocenters. The van der Waals surface area contributed by atoms with E-state index in [2.05, 4.69) is 26.1 Å². The number of hydrogen-bond acceptors (Lipinski definition) is 5. The summed E-state index contributed by atoms with van der Waals surface area (Å²) in [5.74, 6) is 8.30. The Morgan fingerprint density at radius 2 is 1.96 bits per heavy atom. The third-order valence-corrected chi connectivity index (χ3v) is 4.78. The third-order valence-electron chi connectivity index (χ3n) is 3.30. The molecule has 3 aromatic rings. The van der Waals surface area contributed by atoms with Crippen LogP contribution in [-0.4, -0.2) is 22.0 Å². The fourth-order valence-electron chi connectivity index (χ4n) is 2.16. The molecule has 0 fully saturated rings. The quantitative estimate of drug-likeness (QED) is 0.531. The minimum atomic E-state index is 0.648. The van der Waals surface area contributed by atoms with E-state index in [1.807, 2.05) is 48.5 Å². The van der Waals surface area contributed by atoms with Crippen molar-refractivity contribution in [1.82, 2.24) is 14.9 Å². The zero-order valence-electron chi connectivity index (χ0n) is 12.4. The normalized spacial score (nSPS) is 10.7. The largest absolute Gasteiger partial charge is 0.496 e. The first-order chi connectivity index (χ1) is 11.2. The summed E-state index contributed by atoms with van der Waals surface area (Å²) in [5, 5.41) is 9.03. The zero-order valence-corrected chi connectivity index (χ0v) is 14.8. The van der Waals surface area contributed by atoms with Crippen LogP contribution in [0.5, 0.6) is 5.75 Å². The van der Waals surface area contributed by atoms with Gasteiger partial charge in [-0.25, -0.2) is 4.68 Å². The van der Waals surface area contributed by atoms with Crippen LogP contribution < -0.4 is 10.6 Å². The van der Waals surface area contributed by atoms with Crippen LogP contribution in [-0.2, 0) is 5.75 Å². The molecule has 0 aliphatic rings. The van der Waals surface area contributed by atoms with Crippen LogP contribution in [0, 0.1) is 0 Å². The van der Waals surface area contributed by atoms with E-state index in [0.29, 0.717) is 16.7 Å². The molecule has 5 nitrogen and oxygen atoms in total. The number of ether oxygens (including phenoxy) is 1. The summed E-state index contributed by atoms with van der Waals surface area (Å²) in [5.41, 5.74) is 2.01. The van der Waals surface area contributed by atoms with Gasteiger partial charge in [-0.3, -0.25) is 0 Å². The molecule has 0 saturated carbocycles. The molecule has 2 N–H and O–H groups in total. The zero-order chi connectivity index (χ0) is 16.2. The van der Waals surface area contributed by atoms with Gasteiger partial charge in [0.15, 0.2) is 5.82 Å². The molecular formula is C16H15BrN4OS. The van der Waals surface area contributed by atoms with Crippen LogP contribution >= 0.6 is 27.7 Å². The van der Waals surface area contributed by atoms with E-state index in [0.717, 1.165) is 21.3 Å². The second-order valence-corrected chi connectivity index (χ2v) is 6.65. The molecular weight excluding hydrogens is 376 g/mol. The Morgan fingerprint density at radius 3 is 2.70 bits per heavy atom. The summed E-state index contributed by atoms with van der Waals surface area (Å²) in [7, 11) is 1.66. The summed E-state index contributed by atoms with van der Waals surface area (Å²) in [6.45, 7) is 0. The van der Waals surface area contributed by atoms with Crippen molar-refractivity contribution in [2.24, 2.45) is 0 Å². The first-order valence-corrected chi connectivity index (χ1v) is 8.68. The predicted octanol–water partition coefficient (Wildman–Crippen LogP) is 3.72.